The summed E-state index contributed by atoms with van der Waals surface area (Å²) in [4.78, 5) is 7.38. The number of para-hydroxylation sites is 3. The van der Waals surface area contributed by atoms with Crippen LogP contribution < -0.4 is 9.80 Å². The van der Waals surface area contributed by atoms with Crippen molar-refractivity contribution in [2.45, 2.75) is 15.2 Å². The van der Waals surface area contributed by atoms with E-state index in [-0.39, 0.29) is 0 Å². The minimum atomic E-state index is -0.467. The van der Waals surface area contributed by atoms with Crippen LogP contribution in [0.5, 0.6) is 0 Å². The first kappa shape index (κ1) is 37.9. The van der Waals surface area contributed by atoms with Crippen molar-refractivity contribution in [2.75, 3.05) is 9.80 Å². The Morgan fingerprint density at radius 1 is 0.323 bits per heavy atom. The van der Waals surface area contributed by atoms with Gasteiger partial charge in [0.15, 0.2) is 0 Å². The third-order valence-corrected chi connectivity index (χ3v) is 15.6. The number of rotatable bonds is 7. The van der Waals surface area contributed by atoms with E-state index in [0.717, 1.165) is 28.4 Å². The third-order valence-electron chi connectivity index (χ3n) is 13.3. The summed E-state index contributed by atoms with van der Waals surface area (Å²) >= 11 is 3.77. The summed E-state index contributed by atoms with van der Waals surface area (Å²) in [5.74, 6) is 0. The molecule has 2 aliphatic rings. The van der Waals surface area contributed by atoms with Crippen molar-refractivity contribution in [2.24, 2.45) is 0 Å². The van der Waals surface area contributed by atoms with Gasteiger partial charge in [0, 0.05) is 53.7 Å². The Labute approximate surface area is 387 Å². The van der Waals surface area contributed by atoms with Crippen LogP contribution >= 0.6 is 23.1 Å². The fourth-order valence-corrected chi connectivity index (χ4v) is 13.0. The Morgan fingerprint density at radius 3 is 1.49 bits per heavy atom. The Hall–Kier alpha value is -7.63. The quantitative estimate of drug-likeness (QED) is 0.158. The molecule has 0 fully saturated rings. The maximum absolute atomic E-state index is 2.47. The summed E-state index contributed by atoms with van der Waals surface area (Å²) in [5, 5.41) is 2.50. The van der Waals surface area contributed by atoms with Crippen molar-refractivity contribution in [1.29, 1.82) is 0 Å². The Morgan fingerprint density at radius 2 is 0.846 bits per heavy atom. The van der Waals surface area contributed by atoms with Gasteiger partial charge in [-0.25, -0.2) is 0 Å². The molecule has 0 unspecified atom stereocenters. The molecule has 1 spiro atoms. The van der Waals surface area contributed by atoms with Gasteiger partial charge in [-0.05, 0) is 123 Å². The lowest BCUT2D eigenvalue weighted by Crippen LogP contribution is -2.32. The number of thiophene rings is 1. The summed E-state index contributed by atoms with van der Waals surface area (Å²) in [7, 11) is 0. The Kier molecular flexibility index (Phi) is 8.90. The van der Waals surface area contributed by atoms with Gasteiger partial charge in [-0.2, -0.15) is 0 Å². The van der Waals surface area contributed by atoms with Crippen LogP contribution in [0.2, 0.25) is 0 Å². The maximum Gasteiger partial charge on any atom is 0.0735 e. The number of hydrogen-bond donors (Lipinski definition) is 0. The zero-order valence-electron chi connectivity index (χ0n) is 35.3. The fourth-order valence-electron chi connectivity index (χ4n) is 10.5. The predicted molar refractivity (Wildman–Crippen MR) is 276 cm³/mol. The lowest BCUT2D eigenvalue weighted by molar-refractivity contribution is 0.722. The van der Waals surface area contributed by atoms with Crippen LogP contribution in [-0.2, 0) is 5.41 Å². The van der Waals surface area contributed by atoms with Crippen LogP contribution in [0.3, 0.4) is 0 Å². The average Bonchev–Trinajstić information content (AvgIpc) is 3.89. The first-order valence-electron chi connectivity index (χ1n) is 22.2. The molecule has 13 rings (SSSR count). The molecule has 65 heavy (non-hydrogen) atoms. The van der Waals surface area contributed by atoms with E-state index in [4.69, 9.17) is 0 Å². The monoisotopic (exact) mass is 864 g/mol. The van der Waals surface area contributed by atoms with Crippen LogP contribution in [0, 0.1) is 0 Å². The summed E-state index contributed by atoms with van der Waals surface area (Å²) in [6.07, 6.45) is 0. The molecule has 0 bridgehead atoms. The smallest absolute Gasteiger partial charge is 0.0735 e. The van der Waals surface area contributed by atoms with Gasteiger partial charge in [0.25, 0.3) is 0 Å². The number of hydrogen-bond acceptors (Lipinski definition) is 4. The molecule has 0 N–H and O–H groups in total. The van der Waals surface area contributed by atoms with Crippen molar-refractivity contribution >= 4 is 77.4 Å². The van der Waals surface area contributed by atoms with Gasteiger partial charge in [0.1, 0.15) is 0 Å². The molecule has 0 amide bonds. The average molecular weight is 865 g/mol. The molecule has 11 aromatic rings. The molecular formula is C61H40N2S2. The van der Waals surface area contributed by atoms with E-state index in [2.05, 4.69) is 252 Å². The topological polar surface area (TPSA) is 6.48 Å². The Balaban J connectivity index is 1.01. The van der Waals surface area contributed by atoms with E-state index in [1.165, 1.54) is 80.2 Å². The standard InChI is InChI=1S/C61H40N2S2/c1-5-18-41(19-6-1)42-32-35-54-58(38-42)64-59-40-47(33-36-55(59)61(54)52-29-15-13-26-48(52)49-27-14-16-30-53(49)61)63(45-24-11-4-12-25-45)56-31-17-28-50-51-39-46(34-37-57(51)65-60(50)56)62(43-20-7-2-8-21-43)44-22-9-3-10-23-44/h1-40H. The summed E-state index contributed by atoms with van der Waals surface area (Å²) < 4.78 is 2.52. The van der Waals surface area contributed by atoms with Crippen LogP contribution in [0.15, 0.2) is 252 Å². The molecule has 1 aliphatic heterocycles. The molecular weight excluding hydrogens is 825 g/mol. The molecule has 0 atom stereocenters. The van der Waals surface area contributed by atoms with Gasteiger partial charge in [-0.1, -0.05) is 176 Å². The minimum Gasteiger partial charge on any atom is -0.310 e. The normalized spacial score (nSPS) is 13.0. The molecule has 1 aliphatic carbocycles. The zero-order valence-corrected chi connectivity index (χ0v) is 36.9. The van der Waals surface area contributed by atoms with Gasteiger partial charge in [-0.3, -0.25) is 0 Å². The fraction of sp³-hybridized carbons (Fsp3) is 0.0164. The van der Waals surface area contributed by atoms with Crippen LogP contribution in [0.25, 0.3) is 42.4 Å². The maximum atomic E-state index is 2.47. The number of anilines is 6. The highest BCUT2D eigenvalue weighted by Crippen LogP contribution is 2.63. The predicted octanol–water partition coefficient (Wildman–Crippen LogP) is 17.5. The second-order valence-electron chi connectivity index (χ2n) is 16.8. The first-order valence-corrected chi connectivity index (χ1v) is 23.8. The molecule has 2 heterocycles. The Bertz CT molecular complexity index is 3500. The van der Waals surface area contributed by atoms with E-state index >= 15 is 0 Å². The van der Waals surface area contributed by atoms with Crippen LogP contribution in [-0.4, -0.2) is 0 Å². The molecule has 1 aromatic heterocycles. The summed E-state index contributed by atoms with van der Waals surface area (Å²) in [6, 6.07) is 89.3. The molecule has 0 radical (unpaired) electrons. The van der Waals surface area contributed by atoms with Gasteiger partial charge in [0.05, 0.1) is 15.8 Å². The molecule has 0 saturated carbocycles. The molecule has 0 saturated heterocycles. The molecule has 306 valence electrons. The van der Waals surface area contributed by atoms with E-state index in [0.29, 0.717) is 0 Å². The second-order valence-corrected chi connectivity index (χ2v) is 19.0. The van der Waals surface area contributed by atoms with Gasteiger partial charge >= 0.3 is 0 Å². The highest BCUT2D eigenvalue weighted by molar-refractivity contribution is 7.99. The highest BCUT2D eigenvalue weighted by atomic mass is 32.2. The number of fused-ring (bicyclic) bond motifs is 12. The SMILES string of the molecule is c1ccc(-c2ccc3c(c2)Sc2cc(N(c4ccccc4)c4cccc5c4sc4ccc(N(c6ccccc6)c6ccccc6)cc45)ccc2C32c3ccccc3-c3ccccc32)cc1. The zero-order chi connectivity index (χ0) is 42.9. The molecule has 4 heteroatoms. The summed E-state index contributed by atoms with van der Waals surface area (Å²) in [6.45, 7) is 0. The largest absolute Gasteiger partial charge is 0.310 e. The van der Waals surface area contributed by atoms with E-state index in [1.807, 2.05) is 23.1 Å². The number of nitrogens with zero attached hydrogens (tertiary/aromatic N) is 2. The first-order chi connectivity index (χ1) is 32.2. The molecule has 2 nitrogen and oxygen atoms in total. The van der Waals surface area contributed by atoms with Gasteiger partial charge in [-0.15, -0.1) is 11.3 Å². The lowest BCUT2D eigenvalue weighted by Gasteiger charge is -2.40. The van der Waals surface area contributed by atoms with Crippen molar-refractivity contribution in [3.05, 3.63) is 265 Å². The number of benzene rings is 10. The molecule has 10 aromatic carbocycles. The van der Waals surface area contributed by atoms with Crippen molar-refractivity contribution < 1.29 is 0 Å². The second kappa shape index (κ2) is 15.3. The highest BCUT2D eigenvalue weighted by Gasteiger charge is 2.50. The van der Waals surface area contributed by atoms with Crippen LogP contribution in [0.4, 0.5) is 34.1 Å². The van der Waals surface area contributed by atoms with Gasteiger partial charge in [0.2, 0.25) is 0 Å². The lowest BCUT2D eigenvalue weighted by atomic mass is 9.67. The third kappa shape index (κ3) is 5.95. The van der Waals surface area contributed by atoms with Gasteiger partial charge < -0.3 is 9.80 Å². The van der Waals surface area contributed by atoms with Crippen LogP contribution in [0.1, 0.15) is 22.3 Å². The van der Waals surface area contributed by atoms with E-state index in [1.54, 1.807) is 0 Å². The van der Waals surface area contributed by atoms with Crippen molar-refractivity contribution in [1.82, 2.24) is 0 Å². The summed E-state index contributed by atoms with van der Waals surface area (Å²) in [5.41, 5.74) is 16.8. The van der Waals surface area contributed by atoms with Crippen molar-refractivity contribution in [3.63, 3.8) is 0 Å². The van der Waals surface area contributed by atoms with E-state index in [9.17, 15) is 0 Å². The minimum absolute atomic E-state index is 0.467. The van der Waals surface area contributed by atoms with Crippen molar-refractivity contribution in [3.8, 4) is 22.3 Å². The van der Waals surface area contributed by atoms with E-state index < -0.39 is 5.41 Å².